The van der Waals surface area contributed by atoms with E-state index in [1.165, 1.54) is 20.2 Å². The molecule has 0 unspecified atom stereocenters. The summed E-state index contributed by atoms with van der Waals surface area (Å²) >= 11 is 0. The number of rotatable bonds is 13. The fourth-order valence-electron chi connectivity index (χ4n) is 9.93. The summed E-state index contributed by atoms with van der Waals surface area (Å²) in [4.78, 5) is 16.0. The lowest BCUT2D eigenvalue weighted by Gasteiger charge is -2.47. The number of nitrogens with two attached hydrogens (primary N) is 1. The lowest BCUT2D eigenvalue weighted by molar-refractivity contribution is -0.145. The fourth-order valence-corrected chi connectivity index (χ4v) is 9.93. The summed E-state index contributed by atoms with van der Waals surface area (Å²) in [5.74, 6) is 0. The van der Waals surface area contributed by atoms with E-state index in [1.807, 2.05) is 81.4 Å². The van der Waals surface area contributed by atoms with Gasteiger partial charge in [0.1, 0.15) is 6.33 Å². The predicted octanol–water partition coefficient (Wildman–Crippen LogP) is 15.1. The molecule has 0 spiro atoms. The molecule has 0 amide bonds. The molecule has 2 aliphatic carbocycles. The number of alkyl halides is 12. The van der Waals surface area contributed by atoms with E-state index in [2.05, 4.69) is 15.2 Å². The van der Waals surface area contributed by atoms with E-state index < -0.39 is 75.5 Å². The smallest absolute Gasteiger partial charge is 0.397 e. The van der Waals surface area contributed by atoms with Crippen molar-refractivity contribution in [2.45, 2.75) is 165 Å². The number of aromatic nitrogens is 3. The number of benzene rings is 4. The van der Waals surface area contributed by atoms with Gasteiger partial charge in [0.05, 0.1) is 53.2 Å². The zero-order chi connectivity index (χ0) is 58.4. The molecule has 0 bridgehead atoms. The van der Waals surface area contributed by atoms with Gasteiger partial charge in [-0.1, -0.05) is 74.5 Å². The van der Waals surface area contributed by atoms with Crippen molar-refractivity contribution in [1.29, 1.82) is 0 Å². The van der Waals surface area contributed by atoms with Crippen LogP contribution >= 0.6 is 0 Å². The van der Waals surface area contributed by atoms with Gasteiger partial charge in [0.2, 0.25) is 0 Å². The molecule has 1 aromatic heterocycles. The molecule has 4 N–H and O–H groups in total. The number of hydrogen-bond acceptors (Lipinski definition) is 7. The Balaban J connectivity index is 0.000000303. The Labute approximate surface area is 447 Å². The second-order valence-electron chi connectivity index (χ2n) is 20.0. The SMILES string of the molecule is CC=NC.CCC1(N)CCC(CO[C@H](C)c2cc(C(F)(F)F)cc(C(F)(F)F)c2)(c2ccccc2)CC1.CCC1(n2cn[nH]c2=O)CCC(CO[C@H](C)c2cc(C(F)(F)F)cc(C(F)(F)F)c2)(c2ccccc2)CC1.CCO. The molecule has 0 saturated heterocycles. The number of aliphatic hydroxyl groups is 1. The summed E-state index contributed by atoms with van der Waals surface area (Å²) in [5.41, 5.74) is 0.757. The van der Waals surface area contributed by atoms with E-state index in [0.717, 1.165) is 55.4 Å². The third-order valence-electron chi connectivity index (χ3n) is 15.2. The van der Waals surface area contributed by atoms with Crippen molar-refractivity contribution in [1.82, 2.24) is 14.8 Å². The van der Waals surface area contributed by atoms with Crippen molar-refractivity contribution in [3.63, 3.8) is 0 Å². The van der Waals surface area contributed by atoms with E-state index in [-0.39, 0.29) is 54.3 Å². The Morgan fingerprint density at radius 2 is 0.962 bits per heavy atom. The number of H-pyrrole nitrogens is 1. The van der Waals surface area contributed by atoms with Crippen LogP contribution in [0.5, 0.6) is 0 Å². The molecule has 432 valence electrons. The number of halogens is 12. The molecule has 2 saturated carbocycles. The molecular weight excluding hydrogens is 1050 g/mol. The van der Waals surface area contributed by atoms with Gasteiger partial charge in [-0.3, -0.25) is 4.57 Å². The molecule has 2 aliphatic rings. The molecule has 0 aliphatic heterocycles. The number of aliphatic hydroxyl groups excluding tert-OH is 1. The highest BCUT2D eigenvalue weighted by molar-refractivity contribution is 5.52. The molecule has 2 fully saturated rings. The molecule has 0 radical (unpaired) electrons. The summed E-state index contributed by atoms with van der Waals surface area (Å²) in [6.45, 7) is 11.1. The molecule has 5 aromatic rings. The minimum absolute atomic E-state index is 0.0931. The second kappa shape index (κ2) is 27.1. The standard InChI is InChI=1S/C27H29F6N3O2.C25H29F6NO.C3H7N.C2H6O/c1-3-25(36-17-34-35-23(36)37)11-9-24(10-12-25,20-7-5-4-6-8-20)16-38-18(2)19-13-21(26(28,29)30)15-22(14-19)27(31,32)33;1-3-23(32)11-9-22(10-12-23,19-7-5-4-6-8-19)16-33-17(2)18-13-20(24(26,27)28)15-21(14-18)25(29,30)31;1-3-4-2;1-2-3/h4-8,13-15,17-18H,3,9-12,16H2,1-2H3,(H,35,37);4-8,13-15,17H,3,9-12,16,32H2,1-2H3;3H,1-2H3;3H,2H2,1H3/t18-,24?,25?;17-,22?,23?;;/m11../s1. The summed E-state index contributed by atoms with van der Waals surface area (Å²) in [7, 11) is 1.75. The first-order chi connectivity index (χ1) is 36.4. The topological polar surface area (TPSA) is 128 Å². The van der Waals surface area contributed by atoms with Crippen molar-refractivity contribution in [2.24, 2.45) is 10.7 Å². The average Bonchev–Trinajstić information content (AvgIpc) is 3.89. The zero-order valence-corrected chi connectivity index (χ0v) is 44.9. The monoisotopic (exact) mass is 1120 g/mol. The molecule has 1 heterocycles. The van der Waals surface area contributed by atoms with Gasteiger partial charge >= 0.3 is 30.4 Å². The minimum Gasteiger partial charge on any atom is -0.397 e. The Morgan fingerprint density at radius 3 is 1.23 bits per heavy atom. The van der Waals surface area contributed by atoms with Crippen LogP contribution in [0.3, 0.4) is 0 Å². The van der Waals surface area contributed by atoms with Crippen LogP contribution in [-0.4, -0.2) is 58.5 Å². The van der Waals surface area contributed by atoms with E-state index in [4.69, 9.17) is 20.3 Å². The van der Waals surface area contributed by atoms with Crippen LogP contribution in [-0.2, 0) is 50.5 Å². The van der Waals surface area contributed by atoms with Crippen molar-refractivity contribution >= 4 is 6.21 Å². The van der Waals surface area contributed by atoms with Gasteiger partial charge in [-0.15, -0.1) is 0 Å². The maximum atomic E-state index is 13.4. The van der Waals surface area contributed by atoms with Gasteiger partial charge < -0.3 is 25.3 Å². The predicted molar refractivity (Wildman–Crippen MR) is 276 cm³/mol. The first-order valence-corrected chi connectivity index (χ1v) is 25.7. The van der Waals surface area contributed by atoms with Gasteiger partial charge in [0, 0.05) is 30.0 Å². The summed E-state index contributed by atoms with van der Waals surface area (Å²) in [5, 5.41) is 13.9. The van der Waals surface area contributed by atoms with Crippen LogP contribution in [0.15, 0.2) is 113 Å². The van der Waals surface area contributed by atoms with Crippen LogP contribution in [0.1, 0.15) is 162 Å². The third-order valence-corrected chi connectivity index (χ3v) is 15.2. The molecule has 21 heteroatoms. The lowest BCUT2D eigenvalue weighted by atomic mass is 9.63. The number of aliphatic imine (C=N–C) groups is 1. The largest absolute Gasteiger partial charge is 0.416 e. The fraction of sp³-hybridized carbons (Fsp3) is 0.526. The van der Waals surface area contributed by atoms with Gasteiger partial charge in [-0.25, -0.2) is 9.89 Å². The van der Waals surface area contributed by atoms with Crippen LogP contribution in [0.4, 0.5) is 52.7 Å². The maximum absolute atomic E-state index is 13.4. The van der Waals surface area contributed by atoms with Gasteiger partial charge in [-0.2, -0.15) is 57.8 Å². The van der Waals surface area contributed by atoms with Crippen molar-refractivity contribution in [3.8, 4) is 0 Å². The Bertz CT molecular complexity index is 2620. The minimum atomic E-state index is -4.93. The number of aromatic amines is 1. The number of nitrogens with zero attached hydrogens (tertiary/aromatic N) is 3. The molecule has 78 heavy (non-hydrogen) atoms. The lowest BCUT2D eigenvalue weighted by Crippen LogP contribution is -2.48. The van der Waals surface area contributed by atoms with Crippen molar-refractivity contribution in [3.05, 3.63) is 158 Å². The molecule has 2 atom stereocenters. The summed E-state index contributed by atoms with van der Waals surface area (Å²) in [6, 6.07) is 22.3. The highest BCUT2D eigenvalue weighted by Gasteiger charge is 2.46. The normalized spacial score (nSPS) is 22.7. The van der Waals surface area contributed by atoms with Gasteiger partial charge in [-0.05, 0) is 157 Å². The van der Waals surface area contributed by atoms with Crippen molar-refractivity contribution in [2.75, 3.05) is 26.9 Å². The summed E-state index contributed by atoms with van der Waals surface area (Å²) < 4.78 is 173. The van der Waals surface area contributed by atoms with E-state index in [9.17, 15) is 57.5 Å². The Kier molecular flexibility index (Phi) is 22.6. The highest BCUT2D eigenvalue weighted by Crippen LogP contribution is 2.49. The quantitative estimate of drug-likeness (QED) is 0.0796. The summed E-state index contributed by atoms with van der Waals surface area (Å²) in [6.07, 6.45) is -11.4. The van der Waals surface area contributed by atoms with Crippen LogP contribution in [0.2, 0.25) is 0 Å². The van der Waals surface area contributed by atoms with E-state index in [0.29, 0.717) is 44.2 Å². The molecular formula is C57H71F12N5O4. The third kappa shape index (κ3) is 17.0. The van der Waals surface area contributed by atoms with Crippen LogP contribution < -0.4 is 11.4 Å². The molecule has 7 rings (SSSR count). The molecule has 4 aromatic carbocycles. The highest BCUT2D eigenvalue weighted by atomic mass is 19.4. The number of nitrogens with one attached hydrogen (secondary N) is 1. The van der Waals surface area contributed by atoms with Crippen molar-refractivity contribution < 1.29 is 67.3 Å². The Hall–Kier alpha value is -5.51. The molecule has 9 nitrogen and oxygen atoms in total. The first-order valence-electron chi connectivity index (χ1n) is 25.7. The number of ether oxygens (including phenoxy) is 2. The second-order valence-corrected chi connectivity index (χ2v) is 20.0. The van der Waals surface area contributed by atoms with E-state index in [1.54, 1.807) is 24.8 Å². The van der Waals surface area contributed by atoms with Crippen LogP contribution in [0, 0.1) is 0 Å². The average molecular weight is 1120 g/mol. The maximum Gasteiger partial charge on any atom is 0.416 e. The first kappa shape index (κ1) is 65.0. The Morgan fingerprint density at radius 1 is 0.628 bits per heavy atom. The van der Waals surface area contributed by atoms with Crippen LogP contribution in [0.25, 0.3) is 0 Å². The number of hydrogen-bond donors (Lipinski definition) is 3. The van der Waals surface area contributed by atoms with E-state index >= 15 is 0 Å². The van der Waals surface area contributed by atoms with Gasteiger partial charge in [0.15, 0.2) is 0 Å². The van der Waals surface area contributed by atoms with Gasteiger partial charge in [0.25, 0.3) is 0 Å². The zero-order valence-electron chi connectivity index (χ0n) is 44.9.